The number of halogens is 3. The minimum atomic E-state index is -4.43. The van der Waals surface area contributed by atoms with Gasteiger partial charge in [0.25, 0.3) is 0 Å². The van der Waals surface area contributed by atoms with E-state index in [0.29, 0.717) is 17.8 Å². The van der Waals surface area contributed by atoms with Gasteiger partial charge in [0.2, 0.25) is 0 Å². The molecule has 1 aliphatic heterocycles. The molecular formula is C26H22F3N3O. The Morgan fingerprint density at radius 2 is 1.70 bits per heavy atom. The fraction of sp³-hybridized carbons (Fsp3) is 0.192. The number of allylic oxidation sites excluding steroid dienone is 1. The molecule has 0 unspecified atom stereocenters. The Balaban J connectivity index is 1.83. The highest BCUT2D eigenvalue weighted by molar-refractivity contribution is 5.85. The van der Waals surface area contributed by atoms with Gasteiger partial charge < -0.3 is 9.64 Å². The highest BCUT2D eigenvalue weighted by Gasteiger charge is 2.31. The maximum Gasteiger partial charge on any atom is 0.416 e. The predicted octanol–water partition coefficient (Wildman–Crippen LogP) is 6.02. The lowest BCUT2D eigenvalue weighted by Crippen LogP contribution is -2.34. The Bertz CT molecular complexity index is 1210. The van der Waals surface area contributed by atoms with Gasteiger partial charge in [-0.25, -0.2) is 0 Å². The van der Waals surface area contributed by atoms with Crippen molar-refractivity contribution in [3.8, 4) is 17.2 Å². The molecular weight excluding hydrogens is 427 g/mol. The van der Waals surface area contributed by atoms with Gasteiger partial charge in [-0.1, -0.05) is 42.5 Å². The second-order valence-electron chi connectivity index (χ2n) is 7.68. The normalized spacial score (nSPS) is 17.2. The third kappa shape index (κ3) is 4.92. The monoisotopic (exact) mass is 449 g/mol. The third-order valence-corrected chi connectivity index (χ3v) is 5.63. The summed E-state index contributed by atoms with van der Waals surface area (Å²) in [6, 6.07) is 22.6. The minimum absolute atomic E-state index is 0.114. The van der Waals surface area contributed by atoms with Crippen LogP contribution in [0.3, 0.4) is 0 Å². The molecule has 1 heterocycles. The molecule has 0 bridgehead atoms. The van der Waals surface area contributed by atoms with Crippen LogP contribution in [0.2, 0.25) is 0 Å². The third-order valence-electron chi connectivity index (χ3n) is 5.63. The van der Waals surface area contributed by atoms with Crippen molar-refractivity contribution in [2.24, 2.45) is 0 Å². The summed E-state index contributed by atoms with van der Waals surface area (Å²) < 4.78 is 45.6. The molecule has 33 heavy (non-hydrogen) atoms. The fourth-order valence-corrected chi connectivity index (χ4v) is 3.90. The lowest BCUT2D eigenvalue weighted by Gasteiger charge is -2.31. The van der Waals surface area contributed by atoms with E-state index < -0.39 is 11.7 Å². The number of nitrogens with one attached hydrogen (secondary N) is 1. The standard InChI is InChI=1S/C26H22F3N3O/c1-18-25(24-8-3-2-7-23(24)20-11-9-19(14-30)10-12-20)15-31-16-33-17-32(18)22-6-4-5-21(13-22)26(27,28)29/h2-13,31H,15-17H2,1H3/b25-18+. The zero-order valence-electron chi connectivity index (χ0n) is 18.0. The van der Waals surface area contributed by atoms with Crippen molar-refractivity contribution in [3.63, 3.8) is 0 Å². The van der Waals surface area contributed by atoms with Crippen molar-refractivity contribution in [2.45, 2.75) is 13.1 Å². The maximum absolute atomic E-state index is 13.3. The van der Waals surface area contributed by atoms with E-state index in [4.69, 9.17) is 10.00 Å². The minimum Gasteiger partial charge on any atom is -0.346 e. The van der Waals surface area contributed by atoms with Crippen LogP contribution >= 0.6 is 0 Å². The van der Waals surface area contributed by atoms with E-state index in [9.17, 15) is 13.2 Å². The molecule has 0 saturated carbocycles. The van der Waals surface area contributed by atoms with Crippen LogP contribution in [0.25, 0.3) is 16.7 Å². The van der Waals surface area contributed by atoms with E-state index in [-0.39, 0.29) is 13.5 Å². The second-order valence-corrected chi connectivity index (χ2v) is 7.68. The maximum atomic E-state index is 13.3. The first-order chi connectivity index (χ1) is 15.9. The summed E-state index contributed by atoms with van der Waals surface area (Å²) in [5, 5.41) is 12.3. The van der Waals surface area contributed by atoms with Crippen LogP contribution in [0, 0.1) is 11.3 Å². The van der Waals surface area contributed by atoms with Crippen molar-refractivity contribution in [3.05, 3.63) is 95.2 Å². The Labute approximate surface area is 190 Å². The van der Waals surface area contributed by atoms with Gasteiger partial charge in [0.1, 0.15) is 6.73 Å². The number of alkyl halides is 3. The van der Waals surface area contributed by atoms with E-state index in [0.717, 1.165) is 40.1 Å². The van der Waals surface area contributed by atoms with Crippen LogP contribution in [0.15, 0.2) is 78.5 Å². The van der Waals surface area contributed by atoms with Gasteiger partial charge in [0.05, 0.1) is 23.9 Å². The van der Waals surface area contributed by atoms with E-state index in [2.05, 4.69) is 11.4 Å². The van der Waals surface area contributed by atoms with Gasteiger partial charge in [-0.05, 0) is 59.5 Å². The number of benzene rings is 3. The smallest absolute Gasteiger partial charge is 0.346 e. The highest BCUT2D eigenvalue weighted by Crippen LogP contribution is 2.36. The van der Waals surface area contributed by atoms with Gasteiger partial charge in [0, 0.05) is 17.9 Å². The summed E-state index contributed by atoms with van der Waals surface area (Å²) in [6.45, 7) is 2.75. The van der Waals surface area contributed by atoms with Crippen molar-refractivity contribution < 1.29 is 17.9 Å². The molecule has 0 amide bonds. The number of nitriles is 1. The lowest BCUT2D eigenvalue weighted by molar-refractivity contribution is -0.137. The predicted molar refractivity (Wildman–Crippen MR) is 122 cm³/mol. The second kappa shape index (κ2) is 9.49. The van der Waals surface area contributed by atoms with Gasteiger partial charge in [0.15, 0.2) is 0 Å². The molecule has 4 rings (SSSR count). The zero-order valence-corrected chi connectivity index (χ0v) is 18.0. The molecule has 7 heteroatoms. The number of ether oxygens (including phenoxy) is 1. The molecule has 0 saturated heterocycles. The van der Waals surface area contributed by atoms with Crippen molar-refractivity contribution >= 4 is 11.3 Å². The van der Waals surface area contributed by atoms with Gasteiger partial charge in [-0.2, -0.15) is 18.4 Å². The fourth-order valence-electron chi connectivity index (χ4n) is 3.90. The first kappa shape index (κ1) is 22.6. The summed E-state index contributed by atoms with van der Waals surface area (Å²) in [7, 11) is 0. The van der Waals surface area contributed by atoms with Crippen LogP contribution in [0.4, 0.5) is 18.9 Å². The Morgan fingerprint density at radius 1 is 0.970 bits per heavy atom. The van der Waals surface area contributed by atoms with Crippen LogP contribution < -0.4 is 10.2 Å². The van der Waals surface area contributed by atoms with E-state index in [1.807, 2.05) is 43.3 Å². The topological polar surface area (TPSA) is 48.3 Å². The highest BCUT2D eigenvalue weighted by atomic mass is 19.4. The Morgan fingerprint density at radius 3 is 2.39 bits per heavy atom. The SMILES string of the molecule is C/C1=C(\c2ccccc2-c2ccc(C#N)cc2)CNCOCN1c1cccc(C(F)(F)F)c1. The Kier molecular flexibility index (Phi) is 6.50. The molecule has 0 fully saturated rings. The molecule has 3 aromatic carbocycles. The molecule has 0 radical (unpaired) electrons. The average molecular weight is 449 g/mol. The van der Waals surface area contributed by atoms with E-state index >= 15 is 0 Å². The number of hydrogen-bond acceptors (Lipinski definition) is 4. The quantitative estimate of drug-likeness (QED) is 0.532. The van der Waals surface area contributed by atoms with E-state index in [1.54, 1.807) is 23.1 Å². The van der Waals surface area contributed by atoms with Gasteiger partial charge >= 0.3 is 6.18 Å². The summed E-state index contributed by atoms with van der Waals surface area (Å²) in [4.78, 5) is 1.76. The average Bonchev–Trinajstić information content (AvgIpc) is 2.82. The summed E-state index contributed by atoms with van der Waals surface area (Å²) in [5.41, 5.74) is 4.93. The summed E-state index contributed by atoms with van der Waals surface area (Å²) in [5.74, 6) is 0. The molecule has 4 nitrogen and oxygen atoms in total. The van der Waals surface area contributed by atoms with Gasteiger partial charge in [-0.3, -0.25) is 5.32 Å². The van der Waals surface area contributed by atoms with Crippen LogP contribution in [-0.4, -0.2) is 20.0 Å². The molecule has 0 aromatic heterocycles. The van der Waals surface area contributed by atoms with Crippen molar-refractivity contribution in [1.29, 1.82) is 5.26 Å². The number of rotatable bonds is 3. The number of anilines is 1. The number of hydrogen-bond donors (Lipinski definition) is 1. The van der Waals surface area contributed by atoms with Crippen LogP contribution in [0.1, 0.15) is 23.6 Å². The molecule has 0 spiro atoms. The molecule has 0 atom stereocenters. The first-order valence-electron chi connectivity index (χ1n) is 10.4. The molecule has 1 N–H and O–H groups in total. The number of nitrogens with zero attached hydrogens (tertiary/aromatic N) is 2. The largest absolute Gasteiger partial charge is 0.416 e. The van der Waals surface area contributed by atoms with Crippen LogP contribution in [0.5, 0.6) is 0 Å². The zero-order chi connectivity index (χ0) is 23.4. The Hall–Kier alpha value is -3.60. The van der Waals surface area contributed by atoms with E-state index in [1.165, 1.54) is 6.07 Å². The molecule has 1 aliphatic rings. The molecule has 0 aliphatic carbocycles. The van der Waals surface area contributed by atoms with Crippen molar-refractivity contribution in [2.75, 3.05) is 24.9 Å². The summed E-state index contributed by atoms with van der Waals surface area (Å²) in [6.07, 6.45) is -4.43. The first-order valence-corrected chi connectivity index (χ1v) is 10.4. The van der Waals surface area contributed by atoms with Crippen molar-refractivity contribution in [1.82, 2.24) is 5.32 Å². The lowest BCUT2D eigenvalue weighted by atomic mass is 9.92. The summed E-state index contributed by atoms with van der Waals surface area (Å²) >= 11 is 0. The molecule has 168 valence electrons. The van der Waals surface area contributed by atoms with Crippen LogP contribution in [-0.2, 0) is 10.9 Å². The van der Waals surface area contributed by atoms with Gasteiger partial charge in [-0.15, -0.1) is 0 Å². The molecule has 3 aromatic rings.